The van der Waals surface area contributed by atoms with Gasteiger partial charge in [-0.25, -0.2) is 18.8 Å². The molecule has 0 N–H and O–H groups in total. The van der Waals surface area contributed by atoms with E-state index in [0.29, 0.717) is 22.4 Å². The fraction of sp³-hybridized carbons (Fsp3) is 0.304. The Hall–Kier alpha value is -4.26. The van der Waals surface area contributed by atoms with Crippen LogP contribution in [-0.4, -0.2) is 58.3 Å². The lowest BCUT2D eigenvalue weighted by Gasteiger charge is -2.15. The van der Waals surface area contributed by atoms with Crippen LogP contribution in [0.2, 0.25) is 0 Å². The number of halogens is 2. The highest BCUT2D eigenvalue weighted by Gasteiger charge is 2.21. The maximum atomic E-state index is 15.1. The average molecular weight is 499 g/mol. The molecule has 0 aliphatic carbocycles. The molecule has 3 aromatic heterocycles. The van der Waals surface area contributed by atoms with Crippen LogP contribution in [0.1, 0.15) is 0 Å². The van der Waals surface area contributed by atoms with Crippen LogP contribution in [0, 0.1) is 16.5 Å². The Kier molecular flexibility index (Phi) is 7.29. The predicted octanol–water partition coefficient (Wildman–Crippen LogP) is 3.14. The molecule has 1 unspecified atom stereocenters. The van der Waals surface area contributed by atoms with Gasteiger partial charge < -0.3 is 18.8 Å². The quantitative estimate of drug-likeness (QED) is 0.325. The number of fused-ring (bicyclic) bond motifs is 1. The summed E-state index contributed by atoms with van der Waals surface area (Å²) in [5.74, 6) is -2.52. The zero-order chi connectivity index (χ0) is 25.8. The molecular formula is C23H23F2N7O4. The van der Waals surface area contributed by atoms with E-state index in [-0.39, 0.29) is 30.1 Å². The smallest absolute Gasteiger partial charge is 0.193 e. The maximum absolute atomic E-state index is 15.1. The van der Waals surface area contributed by atoms with Crippen molar-refractivity contribution in [2.24, 2.45) is 17.2 Å². The first-order valence-corrected chi connectivity index (χ1v) is 10.7. The van der Waals surface area contributed by atoms with E-state index in [4.69, 9.17) is 14.2 Å². The highest BCUT2D eigenvalue weighted by Crippen LogP contribution is 2.36. The normalized spacial score (nSPS) is 12.7. The molecule has 0 amide bonds. The van der Waals surface area contributed by atoms with E-state index in [2.05, 4.69) is 25.2 Å². The van der Waals surface area contributed by atoms with Gasteiger partial charge in [0.25, 0.3) is 0 Å². The van der Waals surface area contributed by atoms with Gasteiger partial charge in [0.15, 0.2) is 28.8 Å². The second-order valence-electron chi connectivity index (χ2n) is 7.75. The molecule has 1 aromatic carbocycles. The molecule has 36 heavy (non-hydrogen) atoms. The molecule has 188 valence electrons. The number of benzene rings is 1. The Balaban J connectivity index is 2.01. The highest BCUT2D eigenvalue weighted by atomic mass is 19.1. The molecule has 4 aromatic rings. The molecular weight excluding hydrogens is 476 g/mol. The first kappa shape index (κ1) is 24.9. The number of ether oxygens (including phenoxy) is 3. The minimum atomic E-state index is -1.01. The third-order valence-electron chi connectivity index (χ3n) is 5.38. The number of aryl methyl sites for hydroxylation is 1. The summed E-state index contributed by atoms with van der Waals surface area (Å²) in [6.45, 7) is -0.0270. The fourth-order valence-electron chi connectivity index (χ4n) is 3.63. The van der Waals surface area contributed by atoms with Gasteiger partial charge in [0.05, 0.1) is 45.5 Å². The molecule has 1 atom stereocenters. The number of pyridine rings is 1. The Morgan fingerprint density at radius 3 is 2.39 bits per heavy atom. The summed E-state index contributed by atoms with van der Waals surface area (Å²) in [5, 5.41) is 7.27. The first-order valence-electron chi connectivity index (χ1n) is 10.7. The molecule has 0 saturated heterocycles. The van der Waals surface area contributed by atoms with Crippen LogP contribution < -0.4 is 15.0 Å². The maximum Gasteiger partial charge on any atom is 0.193 e. The van der Waals surface area contributed by atoms with Crippen molar-refractivity contribution in [1.82, 2.24) is 24.3 Å². The summed E-state index contributed by atoms with van der Waals surface area (Å²) in [6.07, 6.45) is 4.97. The standard InChI is InChI=1S/C23H23F2N7O4/c1-31-10-13(8-27-31)16-9-26-15-5-6-19(32(23(15)28-16)11-14(30-33)12-34-2)29-22-20(24)17(35-3)7-18(36-4)21(22)25/h5-10,14H,11-12H2,1-4H3/b29-19+. The van der Waals surface area contributed by atoms with Gasteiger partial charge in [0, 0.05) is 32.0 Å². The fourth-order valence-corrected chi connectivity index (χ4v) is 3.63. The van der Waals surface area contributed by atoms with Crippen LogP contribution in [0.4, 0.5) is 14.5 Å². The third kappa shape index (κ3) is 4.77. The van der Waals surface area contributed by atoms with E-state index in [0.717, 1.165) is 6.07 Å². The van der Waals surface area contributed by atoms with E-state index in [1.54, 1.807) is 36.4 Å². The Bertz CT molecular complexity index is 1460. The van der Waals surface area contributed by atoms with Gasteiger partial charge in [-0.2, -0.15) is 10.0 Å². The van der Waals surface area contributed by atoms with Crippen molar-refractivity contribution in [1.29, 1.82) is 0 Å². The molecule has 4 rings (SSSR count). The predicted molar refractivity (Wildman–Crippen MR) is 126 cm³/mol. The second kappa shape index (κ2) is 10.6. The van der Waals surface area contributed by atoms with Crippen molar-refractivity contribution in [3.63, 3.8) is 0 Å². The van der Waals surface area contributed by atoms with Crippen molar-refractivity contribution in [2.75, 3.05) is 27.9 Å². The Labute approximate surface area is 204 Å². The number of aromatic nitrogens is 5. The third-order valence-corrected chi connectivity index (χ3v) is 5.38. The molecule has 0 spiro atoms. The highest BCUT2D eigenvalue weighted by molar-refractivity contribution is 5.73. The molecule has 3 heterocycles. The molecule has 0 radical (unpaired) electrons. The van der Waals surface area contributed by atoms with Crippen molar-refractivity contribution in [3.05, 3.63) is 58.8 Å². The number of nitroso groups, excluding NO2 is 1. The van der Waals surface area contributed by atoms with Crippen LogP contribution in [-0.2, 0) is 18.3 Å². The van der Waals surface area contributed by atoms with Crippen LogP contribution in [0.15, 0.2) is 47.0 Å². The van der Waals surface area contributed by atoms with E-state index in [1.807, 2.05) is 0 Å². The monoisotopic (exact) mass is 499 g/mol. The lowest BCUT2D eigenvalue weighted by molar-refractivity contribution is 0.174. The zero-order valence-corrected chi connectivity index (χ0v) is 20.0. The van der Waals surface area contributed by atoms with Crippen LogP contribution in [0.3, 0.4) is 0 Å². The number of hydrogen-bond donors (Lipinski definition) is 0. The lowest BCUT2D eigenvalue weighted by atomic mass is 10.2. The second-order valence-corrected chi connectivity index (χ2v) is 7.75. The van der Waals surface area contributed by atoms with E-state index >= 15 is 8.78 Å². The summed E-state index contributed by atoms with van der Waals surface area (Å²) in [4.78, 5) is 24.9. The summed E-state index contributed by atoms with van der Waals surface area (Å²) < 4.78 is 48.4. The summed E-state index contributed by atoms with van der Waals surface area (Å²) in [7, 11) is 5.70. The molecule has 0 aliphatic heterocycles. The van der Waals surface area contributed by atoms with Crippen LogP contribution in [0.25, 0.3) is 22.4 Å². The number of rotatable bonds is 9. The van der Waals surface area contributed by atoms with E-state index in [1.165, 1.54) is 32.0 Å². The van der Waals surface area contributed by atoms with Gasteiger partial charge in [-0.1, -0.05) is 5.18 Å². The Morgan fingerprint density at radius 1 is 1.08 bits per heavy atom. The summed E-state index contributed by atoms with van der Waals surface area (Å²) in [6, 6.07) is 3.38. The van der Waals surface area contributed by atoms with Crippen molar-refractivity contribution in [2.45, 2.75) is 12.6 Å². The number of methoxy groups -OCH3 is 3. The average Bonchev–Trinajstić information content (AvgIpc) is 3.33. The topological polar surface area (TPSA) is 118 Å². The van der Waals surface area contributed by atoms with E-state index < -0.39 is 23.4 Å². The van der Waals surface area contributed by atoms with Crippen LogP contribution in [0.5, 0.6) is 11.5 Å². The molecule has 11 nitrogen and oxygen atoms in total. The van der Waals surface area contributed by atoms with Gasteiger partial charge in [-0.15, -0.1) is 0 Å². The minimum absolute atomic E-state index is 0.0117. The molecule has 0 bridgehead atoms. The van der Waals surface area contributed by atoms with E-state index in [9.17, 15) is 4.91 Å². The van der Waals surface area contributed by atoms with Gasteiger partial charge in [0.1, 0.15) is 22.7 Å². The SMILES string of the molecule is COCC(Cn1/c(=N/c2c(F)c(OC)cc(OC)c2F)ccc2ncc(-c3cnn(C)c3)nc21)N=O. The van der Waals surface area contributed by atoms with Gasteiger partial charge in [0.2, 0.25) is 0 Å². The first-order chi connectivity index (χ1) is 17.4. The summed E-state index contributed by atoms with van der Waals surface area (Å²) in [5.41, 5.74) is 1.46. The van der Waals surface area contributed by atoms with Gasteiger partial charge in [-0.05, 0) is 12.1 Å². The van der Waals surface area contributed by atoms with Gasteiger partial charge >= 0.3 is 0 Å². The minimum Gasteiger partial charge on any atom is -0.493 e. The molecule has 0 fully saturated rings. The van der Waals surface area contributed by atoms with Crippen molar-refractivity contribution in [3.8, 4) is 22.8 Å². The Morgan fingerprint density at radius 2 is 1.81 bits per heavy atom. The molecule has 0 aliphatic rings. The molecule has 13 heteroatoms. The van der Waals surface area contributed by atoms with Crippen molar-refractivity contribution < 1.29 is 23.0 Å². The molecule has 0 saturated carbocycles. The van der Waals surface area contributed by atoms with Crippen LogP contribution >= 0.6 is 0 Å². The largest absolute Gasteiger partial charge is 0.493 e. The zero-order valence-electron chi connectivity index (χ0n) is 20.0. The van der Waals surface area contributed by atoms with Crippen molar-refractivity contribution >= 4 is 16.9 Å². The summed E-state index contributed by atoms with van der Waals surface area (Å²) >= 11 is 0. The number of nitrogens with zero attached hydrogens (tertiary/aromatic N) is 7. The van der Waals surface area contributed by atoms with Gasteiger partial charge in [-0.3, -0.25) is 9.67 Å². The number of hydrogen-bond acceptors (Lipinski definition) is 9. The lowest BCUT2D eigenvalue weighted by Crippen LogP contribution is -2.29.